The Labute approximate surface area is 260 Å². The Kier molecular flexibility index (Phi) is 11.4. The monoisotopic (exact) mass is 610 g/mol. The third kappa shape index (κ3) is 8.92. The maximum absolute atomic E-state index is 14.0. The molecular weight excluding hydrogens is 564 g/mol. The topological polar surface area (TPSA) is 92.6 Å². The van der Waals surface area contributed by atoms with Crippen LogP contribution in [0.1, 0.15) is 66.7 Å². The summed E-state index contributed by atoms with van der Waals surface area (Å²) in [6.07, 6.45) is 6.23. The van der Waals surface area contributed by atoms with Crippen LogP contribution in [-0.4, -0.2) is 75.3 Å². The molecule has 2 aromatic heterocycles. The highest BCUT2D eigenvalue weighted by molar-refractivity contribution is 6.33. The van der Waals surface area contributed by atoms with Gasteiger partial charge in [0.25, 0.3) is 5.56 Å². The Bertz CT molecular complexity index is 1430. The van der Waals surface area contributed by atoms with Crippen molar-refractivity contribution < 1.29 is 9.53 Å². The summed E-state index contributed by atoms with van der Waals surface area (Å²) in [6.45, 7) is 15.8. The Hall–Kier alpha value is -3.17. The maximum Gasteiger partial charge on any atom is 0.410 e. The lowest BCUT2D eigenvalue weighted by molar-refractivity contribution is 0.0159. The second-order valence-electron chi connectivity index (χ2n) is 12.4. The highest BCUT2D eigenvalue weighted by Crippen LogP contribution is 2.28. The van der Waals surface area contributed by atoms with Crippen molar-refractivity contribution in [2.45, 2.75) is 78.9 Å². The number of unbranched alkanes of at least 4 members (excludes halogenated alkanes) is 1. The molecule has 1 atom stereocenters. The number of nitrogens with zero attached hydrogens (tertiary/aromatic N) is 5. The summed E-state index contributed by atoms with van der Waals surface area (Å²) < 4.78 is 7.38. The Morgan fingerprint density at radius 1 is 1.16 bits per heavy atom. The summed E-state index contributed by atoms with van der Waals surface area (Å²) in [4.78, 5) is 40.3. The number of ether oxygens (including phenoxy) is 1. The molecule has 1 unspecified atom stereocenters. The Morgan fingerprint density at radius 3 is 2.65 bits per heavy atom. The smallest absolute Gasteiger partial charge is 0.410 e. The maximum atomic E-state index is 14.0. The van der Waals surface area contributed by atoms with Gasteiger partial charge >= 0.3 is 6.09 Å². The van der Waals surface area contributed by atoms with Gasteiger partial charge in [-0.05, 0) is 90.6 Å². The minimum absolute atomic E-state index is 0.135. The largest absolute Gasteiger partial charge is 0.444 e. The molecule has 3 aromatic rings. The molecule has 10 heteroatoms. The van der Waals surface area contributed by atoms with Crippen molar-refractivity contribution >= 4 is 34.7 Å². The lowest BCUT2D eigenvalue weighted by Crippen LogP contribution is -2.43. The van der Waals surface area contributed by atoms with Crippen LogP contribution in [0.2, 0.25) is 5.02 Å². The van der Waals surface area contributed by atoms with Gasteiger partial charge in [-0.25, -0.2) is 9.78 Å². The third-order valence-electron chi connectivity index (χ3n) is 8.00. The number of aromatic nitrogens is 3. The van der Waals surface area contributed by atoms with E-state index in [1.54, 1.807) is 21.7 Å². The van der Waals surface area contributed by atoms with Crippen LogP contribution in [0.4, 0.5) is 10.7 Å². The highest BCUT2D eigenvalue weighted by atomic mass is 35.5. The molecule has 4 rings (SSSR count). The summed E-state index contributed by atoms with van der Waals surface area (Å²) in [5.41, 5.74) is 1.14. The Balaban J connectivity index is 1.56. The zero-order valence-corrected chi connectivity index (χ0v) is 27.1. The lowest BCUT2D eigenvalue weighted by Gasteiger charge is -2.34. The molecule has 1 N–H and O–H groups in total. The van der Waals surface area contributed by atoms with Crippen molar-refractivity contribution in [1.82, 2.24) is 24.3 Å². The van der Waals surface area contributed by atoms with E-state index >= 15 is 0 Å². The van der Waals surface area contributed by atoms with E-state index < -0.39 is 5.60 Å². The standard InChI is InChI=1S/C33H47ClN6O3/c1-6-38(7-2)18-11-10-17-35-31-36-22-25-21-27(26-14-8-9-15-28(26)34)30(41)40(29(25)37-31)20-16-24-13-12-19-39(23-24)32(42)43-33(3,4)5/h8-9,14-15,21-22,24H,6-7,10-13,16-20,23H2,1-5H3,(H,35,36,37). The predicted molar refractivity (Wildman–Crippen MR) is 175 cm³/mol. The first-order valence-corrected chi connectivity index (χ1v) is 16.1. The number of benzene rings is 1. The van der Waals surface area contributed by atoms with Gasteiger partial charge in [0, 0.05) is 53.9 Å². The molecule has 234 valence electrons. The molecule has 0 bridgehead atoms. The van der Waals surface area contributed by atoms with Gasteiger partial charge in [-0.1, -0.05) is 43.6 Å². The molecule has 1 aromatic carbocycles. The van der Waals surface area contributed by atoms with Crippen LogP contribution < -0.4 is 10.9 Å². The van der Waals surface area contributed by atoms with Crippen molar-refractivity contribution in [3.05, 3.63) is 51.9 Å². The summed E-state index contributed by atoms with van der Waals surface area (Å²) in [6, 6.07) is 9.24. The number of piperidine rings is 1. The van der Waals surface area contributed by atoms with Crippen molar-refractivity contribution in [1.29, 1.82) is 0 Å². The number of fused-ring (bicyclic) bond motifs is 1. The van der Waals surface area contributed by atoms with Gasteiger partial charge in [0.2, 0.25) is 5.95 Å². The first kappa shape index (κ1) is 32.7. The van der Waals surface area contributed by atoms with Crippen molar-refractivity contribution in [3.8, 4) is 11.1 Å². The second kappa shape index (κ2) is 15.0. The van der Waals surface area contributed by atoms with Crippen LogP contribution in [0.3, 0.4) is 0 Å². The number of carbonyl (C=O) groups excluding carboxylic acids is 1. The van der Waals surface area contributed by atoms with Crippen LogP contribution in [0.5, 0.6) is 0 Å². The molecule has 1 saturated heterocycles. The molecule has 0 radical (unpaired) electrons. The normalized spacial score (nSPS) is 15.7. The van der Waals surface area contributed by atoms with E-state index in [-0.39, 0.29) is 17.6 Å². The number of rotatable bonds is 12. The molecule has 0 aliphatic carbocycles. The van der Waals surface area contributed by atoms with E-state index in [2.05, 4.69) is 29.0 Å². The fraction of sp³-hybridized carbons (Fsp3) is 0.576. The van der Waals surface area contributed by atoms with Crippen LogP contribution in [0.15, 0.2) is 41.3 Å². The molecule has 9 nitrogen and oxygen atoms in total. The van der Waals surface area contributed by atoms with Gasteiger partial charge in [0.05, 0.1) is 0 Å². The average molecular weight is 611 g/mol. The SMILES string of the molecule is CCN(CC)CCCCNc1ncc2cc(-c3ccccc3Cl)c(=O)n(CCC3CCCN(C(=O)OC(C)(C)C)C3)c2n1. The number of hydrogen-bond acceptors (Lipinski definition) is 7. The van der Waals surface area contributed by atoms with Gasteiger partial charge in [0.15, 0.2) is 0 Å². The van der Waals surface area contributed by atoms with E-state index in [4.69, 9.17) is 21.3 Å². The van der Waals surface area contributed by atoms with Crippen molar-refractivity contribution in [2.24, 2.45) is 5.92 Å². The van der Waals surface area contributed by atoms with Gasteiger partial charge < -0.3 is 19.9 Å². The van der Waals surface area contributed by atoms with Gasteiger partial charge in [-0.2, -0.15) is 4.98 Å². The molecule has 0 spiro atoms. The minimum atomic E-state index is -0.535. The summed E-state index contributed by atoms with van der Waals surface area (Å²) >= 11 is 6.53. The average Bonchev–Trinajstić information content (AvgIpc) is 2.98. The zero-order valence-electron chi connectivity index (χ0n) is 26.4. The second-order valence-corrected chi connectivity index (χ2v) is 12.8. The molecule has 0 saturated carbocycles. The number of aryl methyl sites for hydroxylation is 1. The molecule has 1 aliphatic heterocycles. The summed E-state index contributed by atoms with van der Waals surface area (Å²) in [5, 5.41) is 4.66. The fourth-order valence-corrected chi connectivity index (χ4v) is 5.87. The number of halogens is 1. The van der Waals surface area contributed by atoms with E-state index in [1.807, 2.05) is 45.0 Å². The van der Waals surface area contributed by atoms with Crippen LogP contribution in [-0.2, 0) is 11.3 Å². The van der Waals surface area contributed by atoms with Crippen molar-refractivity contribution in [3.63, 3.8) is 0 Å². The van der Waals surface area contributed by atoms with E-state index in [0.717, 1.165) is 63.7 Å². The molecule has 43 heavy (non-hydrogen) atoms. The van der Waals surface area contributed by atoms with Crippen LogP contribution in [0.25, 0.3) is 22.2 Å². The first-order chi connectivity index (χ1) is 20.6. The number of likely N-dealkylation sites (tertiary alicyclic amines) is 1. The predicted octanol–water partition coefficient (Wildman–Crippen LogP) is 6.68. The first-order valence-electron chi connectivity index (χ1n) is 15.7. The summed E-state index contributed by atoms with van der Waals surface area (Å²) in [5.74, 6) is 0.764. The van der Waals surface area contributed by atoms with Gasteiger partial charge in [-0.3, -0.25) is 9.36 Å². The minimum Gasteiger partial charge on any atom is -0.444 e. The van der Waals surface area contributed by atoms with E-state index in [1.165, 1.54) is 0 Å². The third-order valence-corrected chi connectivity index (χ3v) is 8.33. The number of nitrogens with one attached hydrogen (secondary N) is 1. The van der Waals surface area contributed by atoms with Crippen molar-refractivity contribution in [2.75, 3.05) is 44.6 Å². The van der Waals surface area contributed by atoms with E-state index in [0.29, 0.717) is 47.4 Å². The van der Waals surface area contributed by atoms with Gasteiger partial charge in [0.1, 0.15) is 11.2 Å². The number of carbonyl (C=O) groups is 1. The van der Waals surface area contributed by atoms with Gasteiger partial charge in [-0.15, -0.1) is 0 Å². The van der Waals surface area contributed by atoms with E-state index in [9.17, 15) is 9.59 Å². The summed E-state index contributed by atoms with van der Waals surface area (Å²) in [7, 11) is 0. The number of hydrogen-bond donors (Lipinski definition) is 1. The number of amides is 1. The van der Waals surface area contributed by atoms with Crippen LogP contribution >= 0.6 is 11.6 Å². The number of anilines is 1. The molecular formula is C33H47ClN6O3. The molecule has 3 heterocycles. The molecule has 1 fully saturated rings. The zero-order chi connectivity index (χ0) is 31.0. The fourth-order valence-electron chi connectivity index (χ4n) is 5.63. The molecule has 1 amide bonds. The lowest BCUT2D eigenvalue weighted by atomic mass is 9.95. The molecule has 1 aliphatic rings. The number of pyridine rings is 1. The van der Waals surface area contributed by atoms with Crippen LogP contribution in [0, 0.1) is 5.92 Å². The highest BCUT2D eigenvalue weighted by Gasteiger charge is 2.28. The quantitative estimate of drug-likeness (QED) is 0.229. The Morgan fingerprint density at radius 2 is 1.93 bits per heavy atom.